The minimum atomic E-state index is 0.0876. The van der Waals surface area contributed by atoms with E-state index in [4.69, 9.17) is 4.52 Å². The molecule has 1 aromatic carbocycles. The van der Waals surface area contributed by atoms with E-state index in [1.54, 1.807) is 11.8 Å². The van der Waals surface area contributed by atoms with Gasteiger partial charge in [-0.2, -0.15) is 5.10 Å². The number of hydrogen-bond acceptors (Lipinski definition) is 7. The second kappa shape index (κ2) is 8.57. The number of hydrogen-bond donors (Lipinski definition) is 1. The van der Waals surface area contributed by atoms with Crippen molar-refractivity contribution in [2.24, 2.45) is 0 Å². The van der Waals surface area contributed by atoms with Crippen molar-refractivity contribution in [3.63, 3.8) is 0 Å². The number of H-pyrrole nitrogens is 1. The predicted molar refractivity (Wildman–Crippen MR) is 105 cm³/mol. The summed E-state index contributed by atoms with van der Waals surface area (Å²) in [5.41, 5.74) is 2.77. The molecule has 1 aliphatic heterocycles. The molecule has 0 radical (unpaired) electrons. The quantitative estimate of drug-likeness (QED) is 0.637. The zero-order chi connectivity index (χ0) is 19.3. The fraction of sp³-hybridized carbons (Fsp3) is 0.368. The van der Waals surface area contributed by atoms with Crippen LogP contribution in [0, 0.1) is 6.92 Å². The van der Waals surface area contributed by atoms with E-state index < -0.39 is 0 Å². The van der Waals surface area contributed by atoms with Crippen LogP contribution in [-0.2, 0) is 12.3 Å². The van der Waals surface area contributed by atoms with Crippen LogP contribution in [0.3, 0.4) is 0 Å². The summed E-state index contributed by atoms with van der Waals surface area (Å²) in [5, 5.41) is 11.4. The van der Waals surface area contributed by atoms with Crippen molar-refractivity contribution in [3.05, 3.63) is 59.2 Å². The molecule has 146 valence electrons. The highest BCUT2D eigenvalue weighted by Gasteiger charge is 2.22. The first-order valence-electron chi connectivity index (χ1n) is 9.18. The number of nitrogens with one attached hydrogen (secondary N) is 1. The van der Waals surface area contributed by atoms with Gasteiger partial charge in [0.2, 0.25) is 0 Å². The molecule has 0 spiro atoms. The Kier molecular flexibility index (Phi) is 5.73. The molecule has 1 amide bonds. The Morgan fingerprint density at radius 3 is 2.64 bits per heavy atom. The molecule has 0 saturated carbocycles. The van der Waals surface area contributed by atoms with Crippen LogP contribution in [0.2, 0.25) is 0 Å². The monoisotopic (exact) mass is 398 g/mol. The number of rotatable bonds is 6. The molecule has 1 fully saturated rings. The minimum Gasteiger partial charge on any atom is -0.360 e. The van der Waals surface area contributed by atoms with Gasteiger partial charge in [-0.25, -0.2) is 4.98 Å². The van der Waals surface area contributed by atoms with Gasteiger partial charge in [-0.15, -0.1) is 0 Å². The second-order valence-corrected chi connectivity index (χ2v) is 7.74. The molecule has 0 unspecified atom stereocenters. The average molecular weight is 398 g/mol. The normalized spacial score (nSPS) is 15.1. The Labute approximate surface area is 167 Å². The molecular weight excluding hydrogens is 376 g/mol. The minimum absolute atomic E-state index is 0.0876. The highest BCUT2D eigenvalue weighted by Crippen LogP contribution is 2.19. The summed E-state index contributed by atoms with van der Waals surface area (Å²) in [4.78, 5) is 21.1. The largest absolute Gasteiger partial charge is 0.360 e. The molecule has 28 heavy (non-hydrogen) atoms. The first-order chi connectivity index (χ1) is 13.7. The van der Waals surface area contributed by atoms with Crippen molar-refractivity contribution in [2.45, 2.75) is 24.4 Å². The lowest BCUT2D eigenvalue weighted by molar-refractivity contribution is 0.0617. The highest BCUT2D eigenvalue weighted by atomic mass is 32.2. The number of aromatic amines is 1. The van der Waals surface area contributed by atoms with Gasteiger partial charge in [0.05, 0.1) is 12.2 Å². The van der Waals surface area contributed by atoms with E-state index in [1.165, 1.54) is 6.33 Å². The number of amides is 1. The lowest BCUT2D eigenvalue weighted by Crippen LogP contribution is -2.48. The van der Waals surface area contributed by atoms with Crippen molar-refractivity contribution in [1.82, 2.24) is 30.1 Å². The maximum atomic E-state index is 12.8. The Hall–Kier alpha value is -2.65. The molecule has 1 saturated heterocycles. The van der Waals surface area contributed by atoms with Gasteiger partial charge in [-0.1, -0.05) is 29.1 Å². The first-order valence-corrected chi connectivity index (χ1v) is 10.2. The smallest absolute Gasteiger partial charge is 0.253 e. The van der Waals surface area contributed by atoms with Gasteiger partial charge in [-0.3, -0.25) is 14.8 Å². The molecule has 9 heteroatoms. The molecule has 0 aliphatic carbocycles. The summed E-state index contributed by atoms with van der Waals surface area (Å²) in [6, 6.07) is 9.77. The lowest BCUT2D eigenvalue weighted by Gasteiger charge is -2.34. The van der Waals surface area contributed by atoms with E-state index >= 15 is 0 Å². The van der Waals surface area contributed by atoms with Gasteiger partial charge in [-0.05, 0) is 24.6 Å². The maximum absolute atomic E-state index is 12.8. The van der Waals surface area contributed by atoms with Crippen LogP contribution in [0.4, 0.5) is 0 Å². The Morgan fingerprint density at radius 2 is 2.00 bits per heavy atom. The van der Waals surface area contributed by atoms with Gasteiger partial charge in [0.25, 0.3) is 5.91 Å². The number of nitrogens with zero attached hydrogens (tertiary/aromatic N) is 5. The van der Waals surface area contributed by atoms with Crippen molar-refractivity contribution in [2.75, 3.05) is 26.2 Å². The van der Waals surface area contributed by atoms with Gasteiger partial charge >= 0.3 is 0 Å². The first kappa shape index (κ1) is 18.7. The van der Waals surface area contributed by atoms with E-state index in [0.717, 1.165) is 66.2 Å². The van der Waals surface area contributed by atoms with E-state index in [1.807, 2.05) is 42.2 Å². The summed E-state index contributed by atoms with van der Waals surface area (Å²) < 4.78 is 5.28. The van der Waals surface area contributed by atoms with Crippen LogP contribution in [0.5, 0.6) is 0 Å². The van der Waals surface area contributed by atoms with E-state index in [-0.39, 0.29) is 5.91 Å². The number of thioether (sulfide) groups is 1. The van der Waals surface area contributed by atoms with Gasteiger partial charge in [0.1, 0.15) is 6.33 Å². The predicted octanol–water partition coefficient (Wildman–Crippen LogP) is 2.35. The summed E-state index contributed by atoms with van der Waals surface area (Å²) in [7, 11) is 0. The van der Waals surface area contributed by atoms with Crippen LogP contribution < -0.4 is 0 Å². The summed E-state index contributed by atoms with van der Waals surface area (Å²) >= 11 is 1.58. The van der Waals surface area contributed by atoms with Crippen LogP contribution in [0.1, 0.15) is 27.4 Å². The van der Waals surface area contributed by atoms with E-state index in [2.05, 4.69) is 25.2 Å². The van der Waals surface area contributed by atoms with Crippen molar-refractivity contribution in [1.29, 1.82) is 0 Å². The van der Waals surface area contributed by atoms with Gasteiger partial charge < -0.3 is 9.42 Å². The third-order valence-corrected chi connectivity index (χ3v) is 5.63. The molecule has 3 heterocycles. The number of carbonyl (C=O) groups excluding carboxylic acids is 1. The Morgan fingerprint density at radius 1 is 1.21 bits per heavy atom. The number of piperazine rings is 1. The maximum Gasteiger partial charge on any atom is 0.253 e. The van der Waals surface area contributed by atoms with Crippen molar-refractivity contribution >= 4 is 17.7 Å². The number of carbonyl (C=O) groups is 1. The average Bonchev–Trinajstić information content (AvgIpc) is 3.39. The van der Waals surface area contributed by atoms with Crippen molar-refractivity contribution < 1.29 is 9.32 Å². The Balaban J connectivity index is 1.27. The number of aryl methyl sites for hydroxylation is 1. The van der Waals surface area contributed by atoms with E-state index in [9.17, 15) is 4.79 Å². The van der Waals surface area contributed by atoms with Crippen LogP contribution >= 0.6 is 11.8 Å². The summed E-state index contributed by atoms with van der Waals surface area (Å²) in [6.07, 6.45) is 1.50. The molecule has 2 aromatic heterocycles. The molecule has 1 aliphatic rings. The molecule has 0 atom stereocenters. The van der Waals surface area contributed by atoms with Crippen LogP contribution in [0.25, 0.3) is 0 Å². The van der Waals surface area contributed by atoms with Gasteiger partial charge in [0, 0.05) is 43.6 Å². The fourth-order valence-electron chi connectivity index (χ4n) is 3.16. The second-order valence-electron chi connectivity index (χ2n) is 6.78. The number of benzene rings is 1. The molecular formula is C19H22N6O2S. The summed E-state index contributed by atoms with van der Waals surface area (Å²) in [6.45, 7) is 5.75. The van der Waals surface area contributed by atoms with E-state index in [0.29, 0.717) is 0 Å². The molecule has 3 aromatic rings. The molecule has 1 N–H and O–H groups in total. The fourth-order valence-corrected chi connectivity index (χ4v) is 3.90. The number of aromatic nitrogens is 4. The third kappa shape index (κ3) is 4.60. The Bertz CT molecular complexity index is 901. The molecule has 0 bridgehead atoms. The standard InChI is InChI=1S/C19H22N6O2S/c1-14-10-17(27-23-14)11-24-6-8-25(9-7-24)18(26)16-4-2-15(3-5-16)12-28-19-20-13-21-22-19/h2-5,10,13H,6-9,11-12H2,1H3,(H,20,21,22). The molecule has 4 rings (SSSR count). The molecule has 8 nitrogen and oxygen atoms in total. The summed E-state index contributed by atoms with van der Waals surface area (Å²) in [5.74, 6) is 1.74. The van der Waals surface area contributed by atoms with Gasteiger partial charge in [0.15, 0.2) is 10.9 Å². The highest BCUT2D eigenvalue weighted by molar-refractivity contribution is 7.98. The zero-order valence-electron chi connectivity index (χ0n) is 15.7. The van der Waals surface area contributed by atoms with Crippen LogP contribution in [-0.4, -0.2) is 62.2 Å². The zero-order valence-corrected chi connectivity index (χ0v) is 16.5. The third-order valence-electron chi connectivity index (χ3n) is 4.69. The topological polar surface area (TPSA) is 91.2 Å². The lowest BCUT2D eigenvalue weighted by atomic mass is 10.1. The van der Waals surface area contributed by atoms with Crippen molar-refractivity contribution in [3.8, 4) is 0 Å². The SMILES string of the molecule is Cc1cc(CN2CCN(C(=O)c3ccc(CSc4ncn[nH]4)cc3)CC2)on1. The van der Waals surface area contributed by atoms with Crippen LogP contribution in [0.15, 0.2) is 46.3 Å².